The summed E-state index contributed by atoms with van der Waals surface area (Å²) in [4.78, 5) is 11.3. The van der Waals surface area contributed by atoms with E-state index in [0.29, 0.717) is 12.0 Å². The number of carboxylic acid groups (broad SMARTS) is 1. The van der Waals surface area contributed by atoms with Crippen LogP contribution in [0.4, 0.5) is 0 Å². The number of aliphatic carboxylic acids is 1. The molecule has 0 atom stereocenters. The van der Waals surface area contributed by atoms with Gasteiger partial charge in [-0.1, -0.05) is 38.5 Å². The van der Waals surface area contributed by atoms with Gasteiger partial charge >= 0.3 is 5.97 Å². The molecule has 0 radical (unpaired) electrons. The van der Waals surface area contributed by atoms with Crippen LogP contribution in [0.5, 0.6) is 5.75 Å². The molecule has 0 bridgehead atoms. The molecule has 1 aliphatic rings. The molecular formula is C22H28O3. The van der Waals surface area contributed by atoms with Crippen molar-refractivity contribution in [2.24, 2.45) is 0 Å². The SMILES string of the molecule is CCCOc1c(C)cc(C2=CC=C(C(=O)O)CC=C2CCC)cc1C. The van der Waals surface area contributed by atoms with Crippen LogP contribution in [-0.2, 0) is 4.79 Å². The third-order valence-corrected chi connectivity index (χ3v) is 4.38. The lowest BCUT2D eigenvalue weighted by Crippen LogP contribution is -2.01. The summed E-state index contributed by atoms with van der Waals surface area (Å²) < 4.78 is 5.88. The Morgan fingerprint density at radius 3 is 2.36 bits per heavy atom. The summed E-state index contributed by atoms with van der Waals surface area (Å²) >= 11 is 0. The lowest BCUT2D eigenvalue weighted by molar-refractivity contribution is -0.132. The average molecular weight is 340 g/mol. The summed E-state index contributed by atoms with van der Waals surface area (Å²) in [6.45, 7) is 9.10. The highest BCUT2D eigenvalue weighted by Crippen LogP contribution is 2.34. The van der Waals surface area contributed by atoms with Gasteiger partial charge in [0.2, 0.25) is 0 Å². The number of hydrogen-bond acceptors (Lipinski definition) is 2. The molecule has 1 aromatic rings. The average Bonchev–Trinajstić information content (AvgIpc) is 2.77. The lowest BCUT2D eigenvalue weighted by Gasteiger charge is -2.17. The lowest BCUT2D eigenvalue weighted by atomic mass is 9.92. The van der Waals surface area contributed by atoms with E-state index in [0.717, 1.165) is 53.9 Å². The van der Waals surface area contributed by atoms with Gasteiger partial charge in [-0.25, -0.2) is 4.79 Å². The van der Waals surface area contributed by atoms with Crippen LogP contribution in [-0.4, -0.2) is 17.7 Å². The second-order valence-corrected chi connectivity index (χ2v) is 6.55. The molecule has 0 saturated carbocycles. The third kappa shape index (κ3) is 4.62. The first-order valence-corrected chi connectivity index (χ1v) is 9.05. The fourth-order valence-electron chi connectivity index (χ4n) is 3.19. The largest absolute Gasteiger partial charge is 0.493 e. The molecular weight excluding hydrogens is 312 g/mol. The van der Waals surface area contributed by atoms with E-state index >= 15 is 0 Å². The number of aryl methyl sites for hydroxylation is 2. The Balaban J connectivity index is 2.47. The van der Waals surface area contributed by atoms with Crippen LogP contribution in [0.15, 0.2) is 41.5 Å². The Kier molecular flexibility index (Phi) is 6.63. The Morgan fingerprint density at radius 2 is 1.80 bits per heavy atom. The summed E-state index contributed by atoms with van der Waals surface area (Å²) in [7, 11) is 0. The highest BCUT2D eigenvalue weighted by molar-refractivity contribution is 5.90. The van der Waals surface area contributed by atoms with Crippen molar-refractivity contribution in [3.63, 3.8) is 0 Å². The summed E-state index contributed by atoms with van der Waals surface area (Å²) in [5.74, 6) is 0.114. The molecule has 0 fully saturated rings. The highest BCUT2D eigenvalue weighted by Gasteiger charge is 2.15. The van der Waals surface area contributed by atoms with Crippen molar-refractivity contribution in [3.8, 4) is 5.75 Å². The Labute approximate surface area is 150 Å². The van der Waals surface area contributed by atoms with Crippen LogP contribution >= 0.6 is 0 Å². The van der Waals surface area contributed by atoms with Gasteiger partial charge in [0.1, 0.15) is 5.75 Å². The van der Waals surface area contributed by atoms with E-state index < -0.39 is 5.97 Å². The number of benzene rings is 1. The molecule has 25 heavy (non-hydrogen) atoms. The summed E-state index contributed by atoms with van der Waals surface area (Å²) in [6.07, 6.45) is 9.19. The number of carboxylic acids is 1. The normalized spacial score (nSPS) is 14.3. The van der Waals surface area contributed by atoms with Crippen molar-refractivity contribution in [1.29, 1.82) is 0 Å². The van der Waals surface area contributed by atoms with Crippen molar-refractivity contribution in [1.82, 2.24) is 0 Å². The summed E-state index contributed by atoms with van der Waals surface area (Å²) in [6, 6.07) is 4.29. The number of ether oxygens (including phenoxy) is 1. The summed E-state index contributed by atoms with van der Waals surface area (Å²) in [5.41, 5.74) is 6.13. The van der Waals surface area contributed by atoms with Crippen molar-refractivity contribution >= 4 is 11.5 Å². The maximum Gasteiger partial charge on any atom is 0.331 e. The molecule has 2 rings (SSSR count). The maximum absolute atomic E-state index is 11.3. The topological polar surface area (TPSA) is 46.5 Å². The predicted molar refractivity (Wildman–Crippen MR) is 103 cm³/mol. The second kappa shape index (κ2) is 8.70. The number of allylic oxidation sites excluding steroid dienone is 5. The van der Waals surface area contributed by atoms with Gasteiger partial charge in [0.05, 0.1) is 6.61 Å². The molecule has 0 amide bonds. The number of hydrogen-bond donors (Lipinski definition) is 1. The molecule has 0 aromatic heterocycles. The molecule has 134 valence electrons. The number of carbonyl (C=O) groups is 1. The van der Waals surface area contributed by atoms with E-state index in [1.165, 1.54) is 5.57 Å². The van der Waals surface area contributed by atoms with E-state index in [1.54, 1.807) is 6.08 Å². The maximum atomic E-state index is 11.3. The van der Waals surface area contributed by atoms with Crippen molar-refractivity contribution in [2.45, 2.75) is 53.4 Å². The zero-order valence-electron chi connectivity index (χ0n) is 15.7. The molecule has 1 aliphatic carbocycles. The van der Waals surface area contributed by atoms with Crippen LogP contribution < -0.4 is 4.74 Å². The zero-order chi connectivity index (χ0) is 18.4. The molecule has 0 unspecified atom stereocenters. The zero-order valence-corrected chi connectivity index (χ0v) is 15.7. The molecule has 0 spiro atoms. The van der Waals surface area contributed by atoms with E-state index in [1.807, 2.05) is 6.08 Å². The second-order valence-electron chi connectivity index (χ2n) is 6.55. The van der Waals surface area contributed by atoms with E-state index in [9.17, 15) is 9.90 Å². The van der Waals surface area contributed by atoms with Crippen LogP contribution in [0.3, 0.4) is 0 Å². The van der Waals surface area contributed by atoms with Gasteiger partial charge in [0.25, 0.3) is 0 Å². The fraction of sp³-hybridized carbons (Fsp3) is 0.409. The molecule has 0 saturated heterocycles. The highest BCUT2D eigenvalue weighted by atomic mass is 16.5. The predicted octanol–water partition coefficient (Wildman–Crippen LogP) is 5.62. The van der Waals surface area contributed by atoms with E-state index in [4.69, 9.17) is 4.74 Å². The van der Waals surface area contributed by atoms with Gasteiger partial charge in [0.15, 0.2) is 0 Å². The Hall–Kier alpha value is -2.29. The van der Waals surface area contributed by atoms with Gasteiger partial charge in [0, 0.05) is 5.57 Å². The molecule has 3 nitrogen and oxygen atoms in total. The smallest absolute Gasteiger partial charge is 0.331 e. The van der Waals surface area contributed by atoms with Crippen molar-refractivity contribution in [3.05, 3.63) is 58.2 Å². The van der Waals surface area contributed by atoms with Crippen molar-refractivity contribution < 1.29 is 14.6 Å². The Morgan fingerprint density at radius 1 is 1.12 bits per heavy atom. The first-order chi connectivity index (χ1) is 12.0. The van der Waals surface area contributed by atoms with Gasteiger partial charge in [-0.3, -0.25) is 0 Å². The van der Waals surface area contributed by atoms with Crippen LogP contribution in [0.1, 0.15) is 56.2 Å². The standard InChI is InChI=1S/C22H28O3/c1-5-7-17-8-9-18(22(23)24)10-11-20(17)19-13-15(3)21(16(4)14-19)25-12-6-2/h8,10-11,13-14H,5-7,9,12H2,1-4H3,(H,23,24). The molecule has 3 heteroatoms. The van der Waals surface area contributed by atoms with E-state index in [2.05, 4.69) is 45.9 Å². The van der Waals surface area contributed by atoms with E-state index in [-0.39, 0.29) is 0 Å². The van der Waals surface area contributed by atoms with Crippen LogP contribution in [0.2, 0.25) is 0 Å². The van der Waals surface area contributed by atoms with Gasteiger partial charge in [-0.15, -0.1) is 0 Å². The van der Waals surface area contributed by atoms with Gasteiger partial charge in [-0.05, 0) is 73.1 Å². The Bertz CT molecular complexity index is 713. The third-order valence-electron chi connectivity index (χ3n) is 4.38. The van der Waals surface area contributed by atoms with Crippen molar-refractivity contribution in [2.75, 3.05) is 6.61 Å². The molecule has 0 heterocycles. The first kappa shape index (κ1) is 19.0. The molecule has 0 aliphatic heterocycles. The minimum Gasteiger partial charge on any atom is -0.493 e. The molecule has 1 aromatic carbocycles. The minimum atomic E-state index is -0.847. The molecule has 1 N–H and O–H groups in total. The minimum absolute atomic E-state index is 0.431. The number of rotatable bonds is 7. The first-order valence-electron chi connectivity index (χ1n) is 9.05. The monoisotopic (exact) mass is 340 g/mol. The summed E-state index contributed by atoms with van der Waals surface area (Å²) in [5, 5.41) is 9.30. The quantitative estimate of drug-likeness (QED) is 0.701. The van der Waals surface area contributed by atoms with Crippen LogP contribution in [0, 0.1) is 13.8 Å². The van der Waals surface area contributed by atoms with Crippen LogP contribution in [0.25, 0.3) is 5.57 Å². The van der Waals surface area contributed by atoms with Gasteiger partial charge < -0.3 is 9.84 Å². The fourth-order valence-corrected chi connectivity index (χ4v) is 3.19. The van der Waals surface area contributed by atoms with Gasteiger partial charge in [-0.2, -0.15) is 0 Å².